The Morgan fingerprint density at radius 2 is 1.90 bits per heavy atom. The maximum atomic E-state index is 5.93. The highest BCUT2D eigenvalue weighted by Crippen LogP contribution is 2.25. The topological polar surface area (TPSA) is 22.9 Å². The van der Waals surface area contributed by atoms with Crippen molar-refractivity contribution < 1.29 is 14.4 Å². The lowest BCUT2D eigenvalue weighted by Gasteiger charge is -2.32. The fourth-order valence-corrected chi connectivity index (χ4v) is 3.74. The van der Waals surface area contributed by atoms with E-state index in [1.165, 1.54) is 36.9 Å². The summed E-state index contributed by atoms with van der Waals surface area (Å²) in [5.41, 5.74) is 3.01. The van der Waals surface area contributed by atoms with Crippen molar-refractivity contribution in [3.63, 3.8) is 0 Å². The van der Waals surface area contributed by atoms with Crippen molar-refractivity contribution >= 4 is 0 Å². The van der Waals surface area contributed by atoms with Crippen LogP contribution < -0.4 is 9.64 Å². The summed E-state index contributed by atoms with van der Waals surface area (Å²) < 4.78 is 11.7. The number of fused-ring (bicyclic) bond motifs is 1. The molecule has 3 nitrogen and oxygen atoms in total. The predicted molar refractivity (Wildman–Crippen MR) is 84.2 cm³/mol. The largest absolute Gasteiger partial charge is 0.493 e. The van der Waals surface area contributed by atoms with Crippen molar-refractivity contribution in [2.24, 2.45) is 0 Å². The summed E-state index contributed by atoms with van der Waals surface area (Å²) in [7, 11) is 0. The van der Waals surface area contributed by atoms with Gasteiger partial charge in [-0.2, -0.15) is 0 Å². The first-order chi connectivity index (χ1) is 10.2. The smallest absolute Gasteiger partial charge is 0.119 e. The zero-order valence-corrected chi connectivity index (χ0v) is 13.4. The normalized spacial score (nSPS) is 28.4. The third-order valence-corrected chi connectivity index (χ3v) is 4.63. The molecule has 1 aromatic rings. The van der Waals surface area contributed by atoms with Gasteiger partial charge in [0.1, 0.15) is 31.0 Å². The SMILES string of the molecule is C[C@@H]1C[NH+](CCCOc2ccc3c(c2)CCC3)C[C@H](C)O1. The number of quaternary nitrogens is 1. The molecule has 0 saturated carbocycles. The Balaban J connectivity index is 1.40. The first-order valence-corrected chi connectivity index (χ1v) is 8.44. The average Bonchev–Trinajstić information content (AvgIpc) is 2.90. The van der Waals surface area contributed by atoms with E-state index in [1.54, 1.807) is 4.90 Å². The van der Waals surface area contributed by atoms with Crippen molar-refractivity contribution in [2.45, 2.75) is 51.7 Å². The van der Waals surface area contributed by atoms with E-state index in [1.807, 2.05) is 0 Å². The van der Waals surface area contributed by atoms with Gasteiger partial charge in [0.15, 0.2) is 0 Å². The standard InChI is InChI=1S/C18H27NO2/c1-14-12-19(13-15(2)21-14)9-4-10-20-18-8-7-16-5-3-6-17(16)11-18/h7-8,11,14-15H,3-6,9-10,12-13H2,1-2H3/p+1/t14-,15+. The zero-order valence-electron chi connectivity index (χ0n) is 13.4. The van der Waals surface area contributed by atoms with E-state index in [0.29, 0.717) is 12.2 Å². The minimum absolute atomic E-state index is 0.390. The lowest BCUT2D eigenvalue weighted by atomic mass is 10.1. The number of benzene rings is 1. The number of aryl methyl sites for hydroxylation is 2. The fraction of sp³-hybridized carbons (Fsp3) is 0.667. The van der Waals surface area contributed by atoms with Gasteiger partial charge in [0.2, 0.25) is 0 Å². The van der Waals surface area contributed by atoms with Crippen LogP contribution in [0, 0.1) is 0 Å². The van der Waals surface area contributed by atoms with Crippen LogP contribution in [0.25, 0.3) is 0 Å². The minimum Gasteiger partial charge on any atom is -0.493 e. The van der Waals surface area contributed by atoms with Crippen LogP contribution in [-0.4, -0.2) is 38.4 Å². The van der Waals surface area contributed by atoms with Crippen LogP contribution in [0.4, 0.5) is 0 Å². The summed E-state index contributed by atoms with van der Waals surface area (Å²) in [4.78, 5) is 1.65. The van der Waals surface area contributed by atoms with Crippen molar-refractivity contribution in [1.82, 2.24) is 0 Å². The van der Waals surface area contributed by atoms with Crippen molar-refractivity contribution in [2.75, 3.05) is 26.2 Å². The quantitative estimate of drug-likeness (QED) is 0.833. The van der Waals surface area contributed by atoms with Crippen LogP contribution in [0.1, 0.15) is 37.8 Å². The van der Waals surface area contributed by atoms with Gasteiger partial charge >= 0.3 is 0 Å². The Kier molecular flexibility index (Phi) is 4.81. The highest BCUT2D eigenvalue weighted by atomic mass is 16.5. The second-order valence-corrected chi connectivity index (χ2v) is 6.65. The van der Waals surface area contributed by atoms with Crippen LogP contribution in [-0.2, 0) is 17.6 Å². The molecule has 1 heterocycles. The Morgan fingerprint density at radius 1 is 1.14 bits per heavy atom. The summed E-state index contributed by atoms with van der Waals surface area (Å²) in [5, 5.41) is 0. The van der Waals surface area contributed by atoms with Gasteiger partial charge in [0, 0.05) is 6.42 Å². The van der Waals surface area contributed by atoms with Gasteiger partial charge in [-0.1, -0.05) is 6.07 Å². The minimum atomic E-state index is 0.390. The number of morpholine rings is 1. The van der Waals surface area contributed by atoms with Gasteiger partial charge in [-0.15, -0.1) is 0 Å². The molecule has 1 fully saturated rings. The number of rotatable bonds is 5. The molecule has 0 bridgehead atoms. The van der Waals surface area contributed by atoms with E-state index in [9.17, 15) is 0 Å². The molecule has 1 saturated heterocycles. The molecule has 2 aliphatic rings. The summed E-state index contributed by atoms with van der Waals surface area (Å²) in [6, 6.07) is 6.62. The molecule has 1 aliphatic carbocycles. The van der Waals surface area contributed by atoms with E-state index < -0.39 is 0 Å². The van der Waals surface area contributed by atoms with Crippen LogP contribution in [0.5, 0.6) is 5.75 Å². The molecule has 1 aliphatic heterocycles. The zero-order chi connectivity index (χ0) is 14.7. The van der Waals surface area contributed by atoms with Crippen LogP contribution >= 0.6 is 0 Å². The molecule has 1 unspecified atom stereocenters. The highest BCUT2D eigenvalue weighted by molar-refractivity contribution is 5.38. The van der Waals surface area contributed by atoms with Gasteiger partial charge < -0.3 is 14.4 Å². The number of hydrogen-bond acceptors (Lipinski definition) is 2. The Morgan fingerprint density at radius 3 is 2.71 bits per heavy atom. The van der Waals surface area contributed by atoms with Crippen LogP contribution in [0.2, 0.25) is 0 Å². The van der Waals surface area contributed by atoms with Crippen molar-refractivity contribution in [3.8, 4) is 5.75 Å². The molecule has 1 aromatic carbocycles. The molecule has 21 heavy (non-hydrogen) atoms. The maximum absolute atomic E-state index is 5.93. The van der Waals surface area contributed by atoms with Crippen molar-refractivity contribution in [3.05, 3.63) is 29.3 Å². The first kappa shape index (κ1) is 14.9. The molecule has 3 heteroatoms. The molecule has 0 aromatic heterocycles. The van der Waals surface area contributed by atoms with Gasteiger partial charge in [-0.25, -0.2) is 0 Å². The Bertz CT molecular complexity index is 464. The van der Waals surface area contributed by atoms with Crippen LogP contribution in [0.3, 0.4) is 0 Å². The molecular weight excluding hydrogens is 262 g/mol. The van der Waals surface area contributed by atoms with E-state index in [-0.39, 0.29) is 0 Å². The second kappa shape index (κ2) is 6.80. The first-order valence-electron chi connectivity index (χ1n) is 8.44. The summed E-state index contributed by atoms with van der Waals surface area (Å²) in [6.45, 7) is 8.62. The predicted octanol–water partition coefficient (Wildman–Crippen LogP) is 1.64. The Labute approximate surface area is 128 Å². The molecule has 3 rings (SSSR count). The van der Waals surface area contributed by atoms with Gasteiger partial charge in [-0.05, 0) is 56.4 Å². The van der Waals surface area contributed by atoms with E-state index in [0.717, 1.165) is 31.9 Å². The molecule has 3 atom stereocenters. The van der Waals surface area contributed by atoms with E-state index >= 15 is 0 Å². The summed E-state index contributed by atoms with van der Waals surface area (Å²) in [5.74, 6) is 1.05. The average molecular weight is 290 g/mol. The molecule has 1 N–H and O–H groups in total. The third kappa shape index (κ3) is 3.98. The summed E-state index contributed by atoms with van der Waals surface area (Å²) >= 11 is 0. The maximum Gasteiger partial charge on any atom is 0.119 e. The molecular formula is C18H28NO2+. The van der Waals surface area contributed by atoms with E-state index in [4.69, 9.17) is 9.47 Å². The second-order valence-electron chi connectivity index (χ2n) is 6.65. The van der Waals surface area contributed by atoms with Crippen molar-refractivity contribution in [1.29, 1.82) is 0 Å². The summed E-state index contributed by atoms with van der Waals surface area (Å²) in [6.07, 6.45) is 5.66. The van der Waals surface area contributed by atoms with Gasteiger partial charge in [0.05, 0.1) is 13.2 Å². The molecule has 0 radical (unpaired) electrons. The third-order valence-electron chi connectivity index (χ3n) is 4.63. The van der Waals surface area contributed by atoms with Crippen LogP contribution in [0.15, 0.2) is 18.2 Å². The van der Waals surface area contributed by atoms with Gasteiger partial charge in [-0.3, -0.25) is 0 Å². The highest BCUT2D eigenvalue weighted by Gasteiger charge is 2.24. The lowest BCUT2D eigenvalue weighted by Crippen LogP contribution is -3.15. The number of hydrogen-bond donors (Lipinski definition) is 1. The lowest BCUT2D eigenvalue weighted by molar-refractivity contribution is -0.915. The number of ether oxygens (including phenoxy) is 2. The van der Waals surface area contributed by atoms with Gasteiger partial charge in [0.25, 0.3) is 0 Å². The monoisotopic (exact) mass is 290 g/mol. The molecule has 0 spiro atoms. The number of nitrogens with one attached hydrogen (secondary N) is 1. The Hall–Kier alpha value is -1.06. The fourth-order valence-electron chi connectivity index (χ4n) is 3.74. The molecule has 0 amide bonds. The molecule has 116 valence electrons. The van der Waals surface area contributed by atoms with E-state index in [2.05, 4.69) is 32.0 Å².